The van der Waals surface area contributed by atoms with Crippen molar-refractivity contribution in [1.82, 2.24) is 0 Å². The van der Waals surface area contributed by atoms with Gasteiger partial charge in [0.25, 0.3) is 0 Å². The third kappa shape index (κ3) is 0.971. The molecule has 5 unspecified atom stereocenters. The van der Waals surface area contributed by atoms with Gasteiger partial charge in [0.1, 0.15) is 0 Å². The van der Waals surface area contributed by atoms with E-state index in [1.54, 1.807) is 0 Å². The molecule has 62 valence electrons. The molecule has 5 atom stereocenters. The van der Waals surface area contributed by atoms with E-state index in [1.807, 2.05) is 0 Å². The molecule has 0 radical (unpaired) electrons. The molecule has 2 nitrogen and oxygen atoms in total. The van der Waals surface area contributed by atoms with Crippen molar-refractivity contribution < 1.29 is 9.47 Å². The fraction of sp³-hybridized carbons (Fsp3) is 1.00. The van der Waals surface area contributed by atoms with Crippen LogP contribution in [0.15, 0.2) is 0 Å². The fourth-order valence-electron chi connectivity index (χ4n) is 2.45. The lowest BCUT2D eigenvalue weighted by Crippen LogP contribution is -2.43. The molecule has 3 fully saturated rings. The maximum atomic E-state index is 5.86. The van der Waals surface area contributed by atoms with E-state index in [0.717, 1.165) is 12.8 Å². The number of alkyl halides is 1. The van der Waals surface area contributed by atoms with Gasteiger partial charge in [-0.25, -0.2) is 0 Å². The van der Waals surface area contributed by atoms with E-state index in [-0.39, 0.29) is 0 Å². The predicted molar refractivity (Wildman–Crippen MR) is 49.0 cm³/mol. The third-order valence-electron chi connectivity index (χ3n) is 2.98. The average molecular weight is 266 g/mol. The summed E-state index contributed by atoms with van der Waals surface area (Å²) in [7, 11) is 0. The first-order valence-corrected chi connectivity index (χ1v) is 5.52. The topological polar surface area (TPSA) is 18.5 Å². The molecule has 0 aromatic carbocycles. The van der Waals surface area contributed by atoms with Crippen LogP contribution in [0.2, 0.25) is 0 Å². The minimum Gasteiger partial charge on any atom is -0.372 e. The Kier molecular flexibility index (Phi) is 1.50. The van der Waals surface area contributed by atoms with Crippen molar-refractivity contribution in [1.29, 1.82) is 0 Å². The van der Waals surface area contributed by atoms with Crippen LogP contribution >= 0.6 is 22.6 Å². The highest BCUT2D eigenvalue weighted by Gasteiger charge is 2.49. The zero-order valence-corrected chi connectivity index (χ0v) is 8.36. The van der Waals surface area contributed by atoms with Crippen LogP contribution in [0.4, 0.5) is 0 Å². The third-order valence-corrected chi connectivity index (χ3v) is 4.29. The van der Waals surface area contributed by atoms with Gasteiger partial charge in [0.2, 0.25) is 0 Å². The van der Waals surface area contributed by atoms with Gasteiger partial charge in [-0.2, -0.15) is 0 Å². The fourth-order valence-corrected chi connectivity index (χ4v) is 3.41. The van der Waals surface area contributed by atoms with E-state index in [9.17, 15) is 0 Å². The summed E-state index contributed by atoms with van der Waals surface area (Å²) in [4.78, 5) is 0. The van der Waals surface area contributed by atoms with E-state index in [2.05, 4.69) is 22.6 Å². The van der Waals surface area contributed by atoms with Gasteiger partial charge < -0.3 is 9.47 Å². The molecule has 0 aromatic heterocycles. The second-order valence-electron chi connectivity index (χ2n) is 3.73. The lowest BCUT2D eigenvalue weighted by atomic mass is 9.92. The Morgan fingerprint density at radius 3 is 2.55 bits per heavy atom. The number of fused-ring (bicyclic) bond motifs is 2. The molecule has 3 aliphatic rings. The first kappa shape index (κ1) is 7.09. The molecule has 0 aliphatic carbocycles. The van der Waals surface area contributed by atoms with Crippen LogP contribution in [0.25, 0.3) is 0 Å². The van der Waals surface area contributed by atoms with Crippen molar-refractivity contribution in [2.45, 2.75) is 47.6 Å². The van der Waals surface area contributed by atoms with Gasteiger partial charge in [-0.3, -0.25) is 0 Å². The molecule has 3 bridgehead atoms. The standard InChI is InChI=1S/C8H11IO2/c9-5-3-8-7-2-4(10-8)1-6(5)11-7/h4-8H,1-3H2. The minimum absolute atomic E-state index is 0.431. The van der Waals surface area contributed by atoms with Gasteiger partial charge in [0.05, 0.1) is 24.4 Å². The summed E-state index contributed by atoms with van der Waals surface area (Å²) < 4.78 is 12.4. The van der Waals surface area contributed by atoms with Gasteiger partial charge in [0, 0.05) is 16.8 Å². The number of rotatable bonds is 0. The monoisotopic (exact) mass is 266 g/mol. The Bertz CT molecular complexity index is 181. The van der Waals surface area contributed by atoms with Gasteiger partial charge in [0.15, 0.2) is 0 Å². The van der Waals surface area contributed by atoms with Crippen LogP contribution in [0.1, 0.15) is 19.3 Å². The number of hydrogen-bond acceptors (Lipinski definition) is 2. The second kappa shape index (κ2) is 2.33. The molecule has 0 amide bonds. The Morgan fingerprint density at radius 1 is 0.909 bits per heavy atom. The summed E-state index contributed by atoms with van der Waals surface area (Å²) in [6.45, 7) is 0. The minimum atomic E-state index is 0.431. The van der Waals surface area contributed by atoms with E-state index in [4.69, 9.17) is 9.47 Å². The van der Waals surface area contributed by atoms with Crippen LogP contribution in [0.3, 0.4) is 0 Å². The molecular weight excluding hydrogens is 255 g/mol. The zero-order valence-electron chi connectivity index (χ0n) is 6.20. The van der Waals surface area contributed by atoms with Gasteiger partial charge in [-0.05, 0) is 6.42 Å². The Labute approximate surface area is 79.8 Å². The Balaban J connectivity index is 1.93. The van der Waals surface area contributed by atoms with Crippen LogP contribution in [0, 0.1) is 0 Å². The summed E-state index contributed by atoms with van der Waals surface area (Å²) in [5, 5.41) is 0. The van der Waals surface area contributed by atoms with E-state index in [0.29, 0.717) is 28.3 Å². The Morgan fingerprint density at radius 2 is 1.64 bits per heavy atom. The molecule has 0 spiro atoms. The summed E-state index contributed by atoms with van der Waals surface area (Å²) in [5.74, 6) is 0. The molecule has 0 aromatic rings. The quantitative estimate of drug-likeness (QED) is 0.488. The molecule has 3 aliphatic heterocycles. The SMILES string of the molecule is IC1CC2OC3CC1OC2C3. The average Bonchev–Trinajstić information content (AvgIpc) is 2.19. The molecule has 11 heavy (non-hydrogen) atoms. The maximum Gasteiger partial charge on any atom is 0.0866 e. The lowest BCUT2D eigenvalue weighted by Gasteiger charge is -2.35. The summed E-state index contributed by atoms with van der Waals surface area (Å²) in [6.07, 6.45) is 5.42. The molecule has 3 heteroatoms. The van der Waals surface area contributed by atoms with Gasteiger partial charge in [-0.15, -0.1) is 0 Å². The van der Waals surface area contributed by atoms with Crippen LogP contribution in [0.5, 0.6) is 0 Å². The van der Waals surface area contributed by atoms with E-state index in [1.165, 1.54) is 6.42 Å². The van der Waals surface area contributed by atoms with Crippen molar-refractivity contribution >= 4 is 22.6 Å². The van der Waals surface area contributed by atoms with E-state index < -0.39 is 0 Å². The molecule has 0 N–H and O–H groups in total. The maximum absolute atomic E-state index is 5.86. The normalized spacial score (nSPS) is 60.3. The van der Waals surface area contributed by atoms with Crippen molar-refractivity contribution in [2.75, 3.05) is 0 Å². The van der Waals surface area contributed by atoms with Crippen molar-refractivity contribution in [2.24, 2.45) is 0 Å². The second-order valence-corrected chi connectivity index (χ2v) is 5.33. The van der Waals surface area contributed by atoms with Gasteiger partial charge >= 0.3 is 0 Å². The molecule has 3 saturated heterocycles. The van der Waals surface area contributed by atoms with Gasteiger partial charge in [-0.1, -0.05) is 22.6 Å². The zero-order chi connectivity index (χ0) is 7.42. The van der Waals surface area contributed by atoms with Crippen LogP contribution in [-0.4, -0.2) is 28.3 Å². The number of ether oxygens (including phenoxy) is 2. The summed E-state index contributed by atoms with van der Waals surface area (Å²) in [5.41, 5.74) is 0. The predicted octanol–water partition coefficient (Wildman–Crippen LogP) is 1.51. The highest BCUT2D eigenvalue weighted by atomic mass is 127. The van der Waals surface area contributed by atoms with Crippen molar-refractivity contribution in [3.8, 4) is 0 Å². The van der Waals surface area contributed by atoms with Crippen molar-refractivity contribution in [3.63, 3.8) is 0 Å². The van der Waals surface area contributed by atoms with Crippen molar-refractivity contribution in [3.05, 3.63) is 0 Å². The van der Waals surface area contributed by atoms with Crippen LogP contribution < -0.4 is 0 Å². The number of halogens is 1. The summed E-state index contributed by atoms with van der Waals surface area (Å²) >= 11 is 2.50. The molecule has 3 rings (SSSR count). The first-order valence-electron chi connectivity index (χ1n) is 4.28. The number of hydrogen-bond donors (Lipinski definition) is 0. The largest absolute Gasteiger partial charge is 0.372 e. The molecular formula is C8H11IO2. The van der Waals surface area contributed by atoms with Crippen LogP contribution in [-0.2, 0) is 9.47 Å². The molecule has 3 heterocycles. The molecule has 0 saturated carbocycles. The smallest absolute Gasteiger partial charge is 0.0866 e. The first-order chi connectivity index (χ1) is 5.33. The van der Waals surface area contributed by atoms with E-state index >= 15 is 0 Å². The summed E-state index contributed by atoms with van der Waals surface area (Å²) in [6, 6.07) is 0. The Hall–Kier alpha value is 0.650. The highest BCUT2D eigenvalue weighted by molar-refractivity contribution is 14.1. The highest BCUT2D eigenvalue weighted by Crippen LogP contribution is 2.43. The lowest BCUT2D eigenvalue weighted by molar-refractivity contribution is -0.0695.